The third kappa shape index (κ3) is 5.18. The van der Waals surface area contributed by atoms with Crippen molar-refractivity contribution in [3.63, 3.8) is 0 Å². The Hall–Kier alpha value is -2.64. The Morgan fingerprint density at radius 3 is 2.58 bits per heavy atom. The highest BCUT2D eigenvalue weighted by molar-refractivity contribution is 5.94. The standard InChI is InChI=1S/C18H23F2N3O3/c1-11(10-23-13(3)7-12(2)22-23)9-21-17(24)14-5-6-15(26-18(19)20)16(8-14)25-4/h5-8,11,18H,9-10H2,1-4H3,(H,21,24). The van der Waals surface area contributed by atoms with Crippen LogP contribution in [0.2, 0.25) is 0 Å². The molecule has 0 radical (unpaired) electrons. The molecule has 2 aromatic rings. The van der Waals surface area contributed by atoms with Gasteiger partial charge in [-0.15, -0.1) is 0 Å². The minimum absolute atomic E-state index is 0.0774. The van der Waals surface area contributed by atoms with Crippen LogP contribution in [0.5, 0.6) is 11.5 Å². The fourth-order valence-electron chi connectivity index (χ4n) is 2.59. The van der Waals surface area contributed by atoms with E-state index in [4.69, 9.17) is 4.74 Å². The lowest BCUT2D eigenvalue weighted by Gasteiger charge is -2.15. The molecule has 0 fully saturated rings. The third-order valence-electron chi connectivity index (χ3n) is 3.84. The molecule has 0 bridgehead atoms. The summed E-state index contributed by atoms with van der Waals surface area (Å²) in [6.45, 7) is 4.11. The number of alkyl halides is 2. The maximum atomic E-state index is 12.4. The third-order valence-corrected chi connectivity index (χ3v) is 3.84. The molecule has 0 spiro atoms. The van der Waals surface area contributed by atoms with Crippen molar-refractivity contribution < 1.29 is 23.0 Å². The highest BCUT2D eigenvalue weighted by Gasteiger charge is 2.15. The molecule has 1 heterocycles. The molecule has 0 aliphatic heterocycles. The first-order valence-electron chi connectivity index (χ1n) is 8.22. The topological polar surface area (TPSA) is 65.4 Å². The Morgan fingerprint density at radius 1 is 1.27 bits per heavy atom. The minimum atomic E-state index is -2.96. The van der Waals surface area contributed by atoms with Crippen LogP contribution in [0.4, 0.5) is 8.78 Å². The van der Waals surface area contributed by atoms with E-state index in [-0.39, 0.29) is 23.3 Å². The molecule has 0 saturated heterocycles. The van der Waals surface area contributed by atoms with Crippen LogP contribution in [0.3, 0.4) is 0 Å². The summed E-state index contributed by atoms with van der Waals surface area (Å²) in [4.78, 5) is 12.3. The van der Waals surface area contributed by atoms with Gasteiger partial charge in [-0.3, -0.25) is 9.48 Å². The molecule has 1 aromatic carbocycles. The fraction of sp³-hybridized carbons (Fsp3) is 0.444. The zero-order chi connectivity index (χ0) is 19.3. The van der Waals surface area contributed by atoms with Crippen molar-refractivity contribution >= 4 is 5.91 Å². The summed E-state index contributed by atoms with van der Waals surface area (Å²) in [5.41, 5.74) is 2.33. The number of amides is 1. The van der Waals surface area contributed by atoms with Crippen LogP contribution in [0.1, 0.15) is 28.7 Å². The van der Waals surface area contributed by atoms with E-state index in [1.54, 1.807) is 0 Å². The average Bonchev–Trinajstić information content (AvgIpc) is 2.89. The van der Waals surface area contributed by atoms with Crippen LogP contribution in [0.15, 0.2) is 24.3 Å². The number of aromatic nitrogens is 2. The molecule has 1 aromatic heterocycles. The van der Waals surface area contributed by atoms with Crippen LogP contribution in [-0.2, 0) is 6.54 Å². The molecule has 1 atom stereocenters. The zero-order valence-corrected chi connectivity index (χ0v) is 15.3. The lowest BCUT2D eigenvalue weighted by Crippen LogP contribution is -2.30. The maximum Gasteiger partial charge on any atom is 0.387 e. The molecule has 0 aliphatic carbocycles. The summed E-state index contributed by atoms with van der Waals surface area (Å²) >= 11 is 0. The number of carbonyl (C=O) groups is 1. The van der Waals surface area contributed by atoms with Gasteiger partial charge >= 0.3 is 6.61 Å². The van der Waals surface area contributed by atoms with E-state index in [0.29, 0.717) is 18.7 Å². The molecule has 142 valence electrons. The van der Waals surface area contributed by atoms with Crippen molar-refractivity contribution in [1.82, 2.24) is 15.1 Å². The van der Waals surface area contributed by atoms with Crippen molar-refractivity contribution in [1.29, 1.82) is 0 Å². The second-order valence-electron chi connectivity index (χ2n) is 6.17. The van der Waals surface area contributed by atoms with E-state index in [1.165, 1.54) is 25.3 Å². The van der Waals surface area contributed by atoms with Gasteiger partial charge in [0.25, 0.3) is 5.91 Å². The van der Waals surface area contributed by atoms with Gasteiger partial charge in [0.1, 0.15) is 0 Å². The number of aryl methyl sites for hydroxylation is 2. The summed E-state index contributed by atoms with van der Waals surface area (Å²) in [7, 11) is 1.33. The van der Waals surface area contributed by atoms with Crippen LogP contribution in [-0.4, -0.2) is 36.0 Å². The van der Waals surface area contributed by atoms with E-state index in [2.05, 4.69) is 15.2 Å². The number of ether oxygens (including phenoxy) is 2. The van der Waals surface area contributed by atoms with Gasteiger partial charge in [0.15, 0.2) is 11.5 Å². The highest BCUT2D eigenvalue weighted by Crippen LogP contribution is 2.29. The van der Waals surface area contributed by atoms with Gasteiger partial charge in [0.05, 0.1) is 12.8 Å². The first-order valence-corrected chi connectivity index (χ1v) is 8.22. The first-order chi connectivity index (χ1) is 12.3. The fourth-order valence-corrected chi connectivity index (χ4v) is 2.59. The molecular formula is C18H23F2N3O3. The second-order valence-corrected chi connectivity index (χ2v) is 6.17. The average molecular weight is 367 g/mol. The zero-order valence-electron chi connectivity index (χ0n) is 15.3. The summed E-state index contributed by atoms with van der Waals surface area (Å²) < 4.78 is 36.0. The van der Waals surface area contributed by atoms with Gasteiger partial charge < -0.3 is 14.8 Å². The molecule has 1 unspecified atom stereocenters. The van der Waals surface area contributed by atoms with E-state index >= 15 is 0 Å². The van der Waals surface area contributed by atoms with Gasteiger partial charge in [0, 0.05) is 24.3 Å². The van der Waals surface area contributed by atoms with E-state index in [0.717, 1.165) is 11.4 Å². The molecule has 1 N–H and O–H groups in total. The van der Waals surface area contributed by atoms with Crippen LogP contribution < -0.4 is 14.8 Å². The number of carbonyl (C=O) groups excluding carboxylic acids is 1. The van der Waals surface area contributed by atoms with Gasteiger partial charge in [-0.1, -0.05) is 6.92 Å². The molecule has 0 aliphatic rings. The highest BCUT2D eigenvalue weighted by atomic mass is 19.3. The second kappa shape index (κ2) is 8.64. The lowest BCUT2D eigenvalue weighted by atomic mass is 10.1. The predicted octanol–water partition coefficient (Wildman–Crippen LogP) is 3.18. The molecule has 0 saturated carbocycles. The van der Waals surface area contributed by atoms with Gasteiger partial charge in [-0.05, 0) is 44.0 Å². The maximum absolute atomic E-state index is 12.4. The molecule has 1 amide bonds. The lowest BCUT2D eigenvalue weighted by molar-refractivity contribution is -0.0512. The normalized spacial score (nSPS) is 12.1. The van der Waals surface area contributed by atoms with E-state index < -0.39 is 6.61 Å². The Balaban J connectivity index is 1.95. The quantitative estimate of drug-likeness (QED) is 0.778. The van der Waals surface area contributed by atoms with Crippen LogP contribution in [0, 0.1) is 19.8 Å². The molecule has 26 heavy (non-hydrogen) atoms. The number of nitrogens with zero attached hydrogens (tertiary/aromatic N) is 2. The number of nitrogens with one attached hydrogen (secondary N) is 1. The molecular weight excluding hydrogens is 344 g/mol. The van der Waals surface area contributed by atoms with Gasteiger partial charge in [-0.25, -0.2) is 0 Å². The minimum Gasteiger partial charge on any atom is -0.493 e. The summed E-state index contributed by atoms with van der Waals surface area (Å²) in [5, 5.41) is 7.24. The largest absolute Gasteiger partial charge is 0.493 e. The number of hydrogen-bond donors (Lipinski definition) is 1. The number of hydrogen-bond acceptors (Lipinski definition) is 4. The predicted molar refractivity (Wildman–Crippen MR) is 92.8 cm³/mol. The van der Waals surface area contributed by atoms with Crippen molar-refractivity contribution in [2.75, 3.05) is 13.7 Å². The van der Waals surface area contributed by atoms with Gasteiger partial charge in [0.2, 0.25) is 0 Å². The summed E-state index contributed by atoms with van der Waals surface area (Å²) in [6, 6.07) is 6.08. The van der Waals surface area contributed by atoms with Crippen molar-refractivity contribution in [2.45, 2.75) is 33.9 Å². The van der Waals surface area contributed by atoms with Crippen molar-refractivity contribution in [3.05, 3.63) is 41.2 Å². The van der Waals surface area contributed by atoms with Gasteiger partial charge in [-0.2, -0.15) is 13.9 Å². The Kier molecular flexibility index (Phi) is 6.54. The molecule has 8 heteroatoms. The van der Waals surface area contributed by atoms with Crippen molar-refractivity contribution in [2.24, 2.45) is 5.92 Å². The van der Waals surface area contributed by atoms with E-state index in [9.17, 15) is 13.6 Å². The summed E-state index contributed by atoms with van der Waals surface area (Å²) in [6.07, 6.45) is 0. The first kappa shape index (κ1) is 19.7. The van der Waals surface area contributed by atoms with Crippen LogP contribution in [0.25, 0.3) is 0 Å². The van der Waals surface area contributed by atoms with E-state index in [1.807, 2.05) is 31.5 Å². The van der Waals surface area contributed by atoms with Crippen LogP contribution >= 0.6 is 0 Å². The van der Waals surface area contributed by atoms with Crippen molar-refractivity contribution in [3.8, 4) is 11.5 Å². The smallest absolute Gasteiger partial charge is 0.387 e. The number of halogens is 2. The number of benzene rings is 1. The summed E-state index contributed by atoms with van der Waals surface area (Å²) in [5.74, 6) is -0.182. The molecule has 2 rings (SSSR count). The Bertz CT molecular complexity index is 762. The Morgan fingerprint density at radius 2 is 2.00 bits per heavy atom. The Labute approximate surface area is 151 Å². The number of methoxy groups -OCH3 is 1. The molecule has 6 nitrogen and oxygen atoms in total. The number of rotatable bonds is 8. The monoisotopic (exact) mass is 367 g/mol. The SMILES string of the molecule is COc1cc(C(=O)NCC(C)Cn2nc(C)cc2C)ccc1OC(F)F.